The van der Waals surface area contributed by atoms with E-state index in [9.17, 15) is 12.8 Å². The van der Waals surface area contributed by atoms with Crippen molar-refractivity contribution in [3.05, 3.63) is 29.6 Å². The van der Waals surface area contributed by atoms with E-state index in [1.165, 1.54) is 22.5 Å². The van der Waals surface area contributed by atoms with Crippen molar-refractivity contribution < 1.29 is 12.8 Å². The number of rotatable bonds is 2. The van der Waals surface area contributed by atoms with Crippen LogP contribution in [0.5, 0.6) is 0 Å². The first-order valence-corrected chi connectivity index (χ1v) is 8.35. The third-order valence-electron chi connectivity index (χ3n) is 4.65. The maximum Gasteiger partial charge on any atom is 0.243 e. The summed E-state index contributed by atoms with van der Waals surface area (Å²) < 4.78 is 40.0. The van der Waals surface area contributed by atoms with E-state index in [4.69, 9.17) is 5.73 Å². The summed E-state index contributed by atoms with van der Waals surface area (Å²) in [6.45, 7) is 2.60. The van der Waals surface area contributed by atoms with E-state index >= 15 is 0 Å². The van der Waals surface area contributed by atoms with Crippen molar-refractivity contribution in [2.45, 2.75) is 30.7 Å². The van der Waals surface area contributed by atoms with Crippen LogP contribution in [0.25, 0.3) is 0 Å². The maximum atomic E-state index is 13.3. The molecular weight excluding hydrogens is 279 g/mol. The van der Waals surface area contributed by atoms with Gasteiger partial charge in [0.25, 0.3) is 0 Å². The molecule has 3 rings (SSSR count). The predicted octanol–water partition coefficient (Wildman–Crippen LogP) is 1.49. The van der Waals surface area contributed by atoms with Crippen molar-refractivity contribution in [2.24, 2.45) is 17.6 Å². The van der Waals surface area contributed by atoms with Gasteiger partial charge in [0.05, 0.1) is 4.90 Å². The zero-order valence-corrected chi connectivity index (χ0v) is 12.2. The Hall–Kier alpha value is -0.980. The molecule has 1 aliphatic heterocycles. The van der Waals surface area contributed by atoms with Gasteiger partial charge in [0.15, 0.2) is 0 Å². The molecule has 0 aromatic heterocycles. The monoisotopic (exact) mass is 298 g/mol. The third kappa shape index (κ3) is 2.16. The lowest BCUT2D eigenvalue weighted by Gasteiger charge is -2.19. The lowest BCUT2D eigenvalue weighted by molar-refractivity contribution is 0.427. The largest absolute Gasteiger partial charge is 0.327 e. The molecule has 0 spiro atoms. The van der Waals surface area contributed by atoms with Gasteiger partial charge in [-0.3, -0.25) is 0 Å². The first-order chi connectivity index (χ1) is 9.39. The Kier molecular flexibility index (Phi) is 3.35. The second-order valence-electron chi connectivity index (χ2n) is 5.90. The Balaban J connectivity index is 1.88. The molecule has 0 bridgehead atoms. The molecule has 0 radical (unpaired) electrons. The zero-order chi connectivity index (χ0) is 14.5. The number of nitrogens with zero attached hydrogens (tertiary/aromatic N) is 1. The van der Waals surface area contributed by atoms with Crippen LogP contribution < -0.4 is 5.73 Å². The number of fused-ring (bicyclic) bond motifs is 1. The molecule has 1 aliphatic carbocycles. The van der Waals surface area contributed by atoms with Crippen molar-refractivity contribution in [2.75, 3.05) is 13.1 Å². The number of nitrogens with two attached hydrogens (primary N) is 1. The molecule has 1 aromatic rings. The molecule has 1 saturated carbocycles. The van der Waals surface area contributed by atoms with E-state index in [1.54, 1.807) is 6.92 Å². The third-order valence-corrected chi connectivity index (χ3v) is 6.47. The lowest BCUT2D eigenvalue weighted by atomic mass is 9.98. The van der Waals surface area contributed by atoms with Crippen LogP contribution in [0.3, 0.4) is 0 Å². The van der Waals surface area contributed by atoms with Gasteiger partial charge >= 0.3 is 0 Å². The van der Waals surface area contributed by atoms with Crippen LogP contribution in [0, 0.1) is 24.6 Å². The molecular formula is C14H19FN2O2S. The van der Waals surface area contributed by atoms with Crippen LogP contribution in [0.2, 0.25) is 0 Å². The van der Waals surface area contributed by atoms with Crippen molar-refractivity contribution in [1.82, 2.24) is 4.31 Å². The fourth-order valence-corrected chi connectivity index (χ4v) is 5.01. The van der Waals surface area contributed by atoms with Crippen molar-refractivity contribution in [1.29, 1.82) is 0 Å². The molecule has 1 heterocycles. The molecule has 0 amide bonds. The molecule has 20 heavy (non-hydrogen) atoms. The Labute approximate surface area is 118 Å². The highest BCUT2D eigenvalue weighted by Gasteiger charge is 2.45. The zero-order valence-electron chi connectivity index (χ0n) is 11.4. The standard InChI is InChI=1S/C14H19FN2O2S/c1-9-6-11(3-4-13(9)15)20(18,19)17-7-10-2-5-14(16)12(10)8-17/h3-4,6,10,12,14H,2,5,7-8,16H2,1H3. The van der Waals surface area contributed by atoms with Crippen molar-refractivity contribution in [3.63, 3.8) is 0 Å². The summed E-state index contributed by atoms with van der Waals surface area (Å²) >= 11 is 0. The highest BCUT2D eigenvalue weighted by Crippen LogP contribution is 2.39. The average molecular weight is 298 g/mol. The first kappa shape index (κ1) is 14.0. The normalized spacial score (nSPS) is 30.6. The van der Waals surface area contributed by atoms with Gasteiger partial charge in [-0.25, -0.2) is 12.8 Å². The number of aryl methyl sites for hydroxylation is 1. The van der Waals surface area contributed by atoms with Crippen LogP contribution in [-0.2, 0) is 10.0 Å². The molecule has 2 N–H and O–H groups in total. The van der Waals surface area contributed by atoms with Gasteiger partial charge in [0, 0.05) is 19.1 Å². The molecule has 6 heteroatoms. The maximum absolute atomic E-state index is 13.3. The Morgan fingerprint density at radius 2 is 2.05 bits per heavy atom. The minimum absolute atomic E-state index is 0.107. The molecule has 110 valence electrons. The van der Waals surface area contributed by atoms with Gasteiger partial charge < -0.3 is 5.73 Å². The number of benzene rings is 1. The van der Waals surface area contributed by atoms with E-state index in [0.29, 0.717) is 24.6 Å². The summed E-state index contributed by atoms with van der Waals surface area (Å²) in [4.78, 5) is 0.171. The average Bonchev–Trinajstić information content (AvgIpc) is 2.96. The number of hydrogen-bond acceptors (Lipinski definition) is 3. The minimum atomic E-state index is -3.53. The summed E-state index contributed by atoms with van der Waals surface area (Å²) in [5.74, 6) is 0.261. The van der Waals surface area contributed by atoms with E-state index < -0.39 is 10.0 Å². The van der Waals surface area contributed by atoms with E-state index in [-0.39, 0.29) is 22.7 Å². The summed E-state index contributed by atoms with van der Waals surface area (Å²) in [6.07, 6.45) is 1.99. The van der Waals surface area contributed by atoms with Crippen LogP contribution in [-0.4, -0.2) is 31.9 Å². The summed E-state index contributed by atoms with van der Waals surface area (Å²) in [7, 11) is -3.53. The van der Waals surface area contributed by atoms with Crippen LogP contribution in [0.1, 0.15) is 18.4 Å². The van der Waals surface area contributed by atoms with Crippen LogP contribution in [0.15, 0.2) is 23.1 Å². The molecule has 1 aromatic carbocycles. The Morgan fingerprint density at radius 1 is 1.30 bits per heavy atom. The second-order valence-corrected chi connectivity index (χ2v) is 7.84. The Morgan fingerprint density at radius 3 is 2.70 bits per heavy atom. The van der Waals surface area contributed by atoms with Gasteiger partial charge in [0.2, 0.25) is 10.0 Å². The molecule has 3 unspecified atom stereocenters. The highest BCUT2D eigenvalue weighted by molar-refractivity contribution is 7.89. The summed E-state index contributed by atoms with van der Waals surface area (Å²) in [6, 6.07) is 4.06. The topological polar surface area (TPSA) is 63.4 Å². The minimum Gasteiger partial charge on any atom is -0.327 e. The molecule has 2 aliphatic rings. The van der Waals surface area contributed by atoms with Crippen molar-refractivity contribution >= 4 is 10.0 Å². The Bertz CT molecular complexity index is 632. The van der Waals surface area contributed by atoms with E-state index in [0.717, 1.165) is 12.8 Å². The molecule has 4 nitrogen and oxygen atoms in total. The van der Waals surface area contributed by atoms with Crippen LogP contribution >= 0.6 is 0 Å². The van der Waals surface area contributed by atoms with Gasteiger partial charge in [0.1, 0.15) is 5.82 Å². The van der Waals surface area contributed by atoms with Gasteiger partial charge in [-0.1, -0.05) is 0 Å². The fourth-order valence-electron chi connectivity index (χ4n) is 3.39. The number of halogens is 1. The highest BCUT2D eigenvalue weighted by atomic mass is 32.2. The molecule has 3 atom stereocenters. The molecule has 2 fully saturated rings. The predicted molar refractivity (Wildman–Crippen MR) is 74.1 cm³/mol. The van der Waals surface area contributed by atoms with Gasteiger partial charge in [-0.05, 0) is 55.4 Å². The lowest BCUT2D eigenvalue weighted by Crippen LogP contribution is -2.33. The van der Waals surface area contributed by atoms with Crippen molar-refractivity contribution in [3.8, 4) is 0 Å². The number of sulfonamides is 1. The van der Waals surface area contributed by atoms with E-state index in [1.807, 2.05) is 0 Å². The number of hydrogen-bond donors (Lipinski definition) is 1. The van der Waals surface area contributed by atoms with Gasteiger partial charge in [-0.2, -0.15) is 4.31 Å². The van der Waals surface area contributed by atoms with E-state index in [2.05, 4.69) is 0 Å². The first-order valence-electron chi connectivity index (χ1n) is 6.91. The molecule has 1 saturated heterocycles. The van der Waals surface area contributed by atoms with Crippen LogP contribution in [0.4, 0.5) is 4.39 Å². The van der Waals surface area contributed by atoms with Gasteiger partial charge in [-0.15, -0.1) is 0 Å². The summed E-state index contributed by atoms with van der Waals surface area (Å²) in [5, 5.41) is 0. The fraction of sp³-hybridized carbons (Fsp3) is 0.571. The SMILES string of the molecule is Cc1cc(S(=O)(=O)N2CC3CCC(N)C3C2)ccc1F. The quantitative estimate of drug-likeness (QED) is 0.900. The second kappa shape index (κ2) is 4.79. The summed E-state index contributed by atoms with van der Waals surface area (Å²) in [5.41, 5.74) is 6.39. The smallest absolute Gasteiger partial charge is 0.243 e.